The molecule has 0 spiro atoms. The first-order valence-electron chi connectivity index (χ1n) is 10.9. The summed E-state index contributed by atoms with van der Waals surface area (Å²) in [6.07, 6.45) is 9.15. The quantitative estimate of drug-likeness (QED) is 0.455. The molecule has 3 aromatic heterocycles. The van der Waals surface area contributed by atoms with E-state index in [2.05, 4.69) is 41.5 Å². The lowest BCUT2D eigenvalue weighted by atomic mass is 9.97. The van der Waals surface area contributed by atoms with Crippen LogP contribution in [0.3, 0.4) is 0 Å². The number of aromatic nitrogens is 3. The Hall–Kier alpha value is -2.83. The highest BCUT2D eigenvalue weighted by molar-refractivity contribution is 7.19. The lowest BCUT2D eigenvalue weighted by Gasteiger charge is -2.16. The smallest absolute Gasteiger partial charge is 0.163 e. The number of aryl methyl sites for hydroxylation is 3. The highest BCUT2D eigenvalue weighted by Crippen LogP contribution is 2.39. The van der Waals surface area contributed by atoms with Crippen LogP contribution in [0.15, 0.2) is 48.8 Å². The van der Waals surface area contributed by atoms with E-state index in [4.69, 9.17) is 15.7 Å². The number of anilines is 1. The van der Waals surface area contributed by atoms with Gasteiger partial charge in [0.15, 0.2) is 5.82 Å². The van der Waals surface area contributed by atoms with Crippen LogP contribution in [0.4, 0.5) is 5.82 Å². The zero-order valence-electron chi connectivity index (χ0n) is 17.8. The number of pyridine rings is 1. The monoisotopic (exact) mass is 429 g/mol. The van der Waals surface area contributed by atoms with Crippen LogP contribution in [-0.2, 0) is 19.3 Å². The third-order valence-electron chi connectivity index (χ3n) is 5.87. The molecule has 0 saturated heterocycles. The van der Waals surface area contributed by atoms with E-state index in [1.165, 1.54) is 39.8 Å². The van der Waals surface area contributed by atoms with Crippen LogP contribution in [0.5, 0.6) is 0 Å². The van der Waals surface area contributed by atoms with Gasteiger partial charge in [0.25, 0.3) is 0 Å². The van der Waals surface area contributed by atoms with Gasteiger partial charge in [0.1, 0.15) is 10.6 Å². The Balaban J connectivity index is 1.46. The van der Waals surface area contributed by atoms with Crippen LogP contribution >= 0.6 is 11.3 Å². The van der Waals surface area contributed by atoms with Gasteiger partial charge in [-0.25, -0.2) is 9.97 Å². The molecule has 0 radical (unpaired) electrons. The number of thiophene rings is 1. The highest BCUT2D eigenvalue weighted by atomic mass is 32.1. The zero-order chi connectivity index (χ0) is 21.2. The molecule has 1 atom stereocenters. The standard InChI is InChI=1S/C25H27N5S/c1-16-5-4-6-17(13-16)14-19(26)15-28-24-22-20-7-2-3-8-21(20)31-25(22)30-23(29-24)18-9-11-27-12-10-18/h4-6,9-13,19H,2-3,7-8,14-15,26H2,1H3,(H,28,29,30)/t19-/m0/s1. The van der Waals surface area contributed by atoms with Crippen molar-refractivity contribution < 1.29 is 0 Å². The van der Waals surface area contributed by atoms with Gasteiger partial charge in [-0.3, -0.25) is 4.98 Å². The molecule has 0 fully saturated rings. The Labute approximate surface area is 186 Å². The molecule has 0 bridgehead atoms. The molecule has 6 heteroatoms. The summed E-state index contributed by atoms with van der Waals surface area (Å²) in [6.45, 7) is 2.78. The van der Waals surface area contributed by atoms with E-state index in [9.17, 15) is 0 Å². The average molecular weight is 430 g/mol. The first kappa shape index (κ1) is 20.1. The molecule has 3 heterocycles. The summed E-state index contributed by atoms with van der Waals surface area (Å²) in [6, 6.07) is 12.5. The summed E-state index contributed by atoms with van der Waals surface area (Å²) < 4.78 is 0. The first-order chi connectivity index (χ1) is 15.2. The average Bonchev–Trinajstić information content (AvgIpc) is 3.17. The van der Waals surface area contributed by atoms with E-state index in [-0.39, 0.29) is 6.04 Å². The summed E-state index contributed by atoms with van der Waals surface area (Å²) in [5.41, 5.74) is 11.4. The minimum atomic E-state index is 0.00523. The Bertz CT molecular complexity index is 1200. The summed E-state index contributed by atoms with van der Waals surface area (Å²) in [7, 11) is 0. The molecular weight excluding hydrogens is 402 g/mol. The van der Waals surface area contributed by atoms with Gasteiger partial charge < -0.3 is 11.1 Å². The Morgan fingerprint density at radius 2 is 1.94 bits per heavy atom. The molecule has 4 aromatic rings. The van der Waals surface area contributed by atoms with E-state index in [0.717, 1.165) is 41.3 Å². The maximum absolute atomic E-state index is 6.50. The Kier molecular flexibility index (Phi) is 5.66. The maximum atomic E-state index is 6.50. The summed E-state index contributed by atoms with van der Waals surface area (Å²) >= 11 is 1.82. The van der Waals surface area contributed by atoms with Gasteiger partial charge in [-0.15, -0.1) is 11.3 Å². The summed E-state index contributed by atoms with van der Waals surface area (Å²) in [5, 5.41) is 4.78. The van der Waals surface area contributed by atoms with E-state index in [1.54, 1.807) is 12.4 Å². The van der Waals surface area contributed by atoms with Crippen molar-refractivity contribution >= 4 is 27.4 Å². The topological polar surface area (TPSA) is 76.7 Å². The Morgan fingerprint density at radius 1 is 1.10 bits per heavy atom. The van der Waals surface area contributed by atoms with Crippen molar-refractivity contribution in [2.75, 3.05) is 11.9 Å². The van der Waals surface area contributed by atoms with Crippen molar-refractivity contribution in [1.82, 2.24) is 15.0 Å². The fraction of sp³-hybridized carbons (Fsp3) is 0.320. The van der Waals surface area contributed by atoms with Gasteiger partial charge in [-0.05, 0) is 62.3 Å². The van der Waals surface area contributed by atoms with Crippen molar-refractivity contribution in [3.63, 3.8) is 0 Å². The second kappa shape index (κ2) is 8.73. The number of nitrogens with zero attached hydrogens (tertiary/aromatic N) is 3. The predicted octanol–water partition coefficient (Wildman–Crippen LogP) is 4.92. The van der Waals surface area contributed by atoms with Crippen molar-refractivity contribution in [1.29, 1.82) is 0 Å². The molecule has 1 aliphatic carbocycles. The van der Waals surface area contributed by atoms with Gasteiger partial charge >= 0.3 is 0 Å². The molecular formula is C25H27N5S. The minimum absolute atomic E-state index is 0.00523. The third-order valence-corrected chi connectivity index (χ3v) is 7.05. The molecule has 0 unspecified atom stereocenters. The lowest BCUT2D eigenvalue weighted by molar-refractivity contribution is 0.695. The van der Waals surface area contributed by atoms with Crippen molar-refractivity contribution in [2.45, 2.75) is 45.1 Å². The number of hydrogen-bond donors (Lipinski definition) is 2. The van der Waals surface area contributed by atoms with Crippen LogP contribution in [-0.4, -0.2) is 27.5 Å². The molecule has 5 rings (SSSR count). The van der Waals surface area contributed by atoms with Crippen LogP contribution in [0.2, 0.25) is 0 Å². The molecule has 0 aliphatic heterocycles. The lowest BCUT2D eigenvalue weighted by Crippen LogP contribution is -2.31. The molecule has 158 valence electrons. The number of benzene rings is 1. The molecule has 5 nitrogen and oxygen atoms in total. The molecule has 0 saturated carbocycles. The zero-order valence-corrected chi connectivity index (χ0v) is 18.6. The molecule has 0 amide bonds. The van der Waals surface area contributed by atoms with Crippen molar-refractivity contribution in [3.05, 3.63) is 70.4 Å². The fourth-order valence-corrected chi connectivity index (χ4v) is 5.62. The normalized spacial score (nSPS) is 14.4. The third kappa shape index (κ3) is 4.31. The van der Waals surface area contributed by atoms with Crippen LogP contribution in [0, 0.1) is 6.92 Å². The van der Waals surface area contributed by atoms with Crippen molar-refractivity contribution in [2.24, 2.45) is 5.73 Å². The second-order valence-electron chi connectivity index (χ2n) is 8.36. The number of fused-ring (bicyclic) bond motifs is 3. The number of nitrogens with two attached hydrogens (primary N) is 1. The van der Waals surface area contributed by atoms with Crippen LogP contribution < -0.4 is 11.1 Å². The molecule has 3 N–H and O–H groups in total. The number of rotatable bonds is 6. The van der Waals surface area contributed by atoms with E-state index in [1.807, 2.05) is 23.5 Å². The highest BCUT2D eigenvalue weighted by Gasteiger charge is 2.22. The Morgan fingerprint density at radius 3 is 2.77 bits per heavy atom. The largest absolute Gasteiger partial charge is 0.368 e. The van der Waals surface area contributed by atoms with E-state index < -0.39 is 0 Å². The van der Waals surface area contributed by atoms with Gasteiger partial charge in [-0.2, -0.15) is 0 Å². The van der Waals surface area contributed by atoms with Gasteiger partial charge in [0.2, 0.25) is 0 Å². The van der Waals surface area contributed by atoms with Crippen LogP contribution in [0.25, 0.3) is 21.6 Å². The minimum Gasteiger partial charge on any atom is -0.368 e. The number of hydrogen-bond acceptors (Lipinski definition) is 6. The van der Waals surface area contributed by atoms with Gasteiger partial charge in [0.05, 0.1) is 5.39 Å². The SMILES string of the molecule is Cc1cccc(C[C@H](N)CNc2nc(-c3ccncc3)nc3sc4c(c23)CCCC4)c1. The maximum Gasteiger partial charge on any atom is 0.163 e. The number of nitrogens with one attached hydrogen (secondary N) is 1. The van der Waals surface area contributed by atoms with Gasteiger partial charge in [0, 0.05) is 35.4 Å². The van der Waals surface area contributed by atoms with E-state index in [0.29, 0.717) is 6.54 Å². The van der Waals surface area contributed by atoms with Crippen molar-refractivity contribution in [3.8, 4) is 11.4 Å². The molecule has 31 heavy (non-hydrogen) atoms. The van der Waals surface area contributed by atoms with E-state index >= 15 is 0 Å². The molecule has 1 aromatic carbocycles. The fourth-order valence-electron chi connectivity index (χ4n) is 4.36. The summed E-state index contributed by atoms with van der Waals surface area (Å²) in [5.74, 6) is 1.65. The van der Waals surface area contributed by atoms with Crippen LogP contribution in [0.1, 0.15) is 34.4 Å². The second-order valence-corrected chi connectivity index (χ2v) is 9.44. The molecule has 1 aliphatic rings. The van der Waals surface area contributed by atoms with Gasteiger partial charge in [-0.1, -0.05) is 29.8 Å². The summed E-state index contributed by atoms with van der Waals surface area (Å²) in [4.78, 5) is 16.5. The predicted molar refractivity (Wildman–Crippen MR) is 129 cm³/mol. The first-order valence-corrected chi connectivity index (χ1v) is 11.8.